The lowest BCUT2D eigenvalue weighted by molar-refractivity contribution is 0.0989. The number of ketones is 1. The third kappa shape index (κ3) is 3.96. The number of nitrogens with two attached hydrogens (primary N) is 2. The van der Waals surface area contributed by atoms with Gasteiger partial charge < -0.3 is 21.4 Å². The minimum Gasteiger partial charge on any atom is -0.389 e. The highest BCUT2D eigenvalue weighted by Crippen LogP contribution is 2.36. The van der Waals surface area contributed by atoms with E-state index in [1.165, 1.54) is 6.07 Å². The van der Waals surface area contributed by atoms with E-state index in [1.54, 1.807) is 6.20 Å². The average molecular weight is 469 g/mol. The number of nitrogen functional groups attached to an aromatic ring is 1. The lowest BCUT2D eigenvalue weighted by atomic mass is 10.0. The number of pyridine rings is 1. The predicted molar refractivity (Wildman–Crippen MR) is 125 cm³/mol. The monoisotopic (exact) mass is 468 g/mol. The molecule has 0 bridgehead atoms. The van der Waals surface area contributed by atoms with Gasteiger partial charge in [-0.3, -0.25) is 4.79 Å². The first kappa shape index (κ1) is 21.5. The number of fused-ring (bicyclic) bond motifs is 1. The van der Waals surface area contributed by atoms with E-state index >= 15 is 0 Å². The van der Waals surface area contributed by atoms with Gasteiger partial charge in [0.2, 0.25) is 0 Å². The summed E-state index contributed by atoms with van der Waals surface area (Å²) in [5, 5.41) is 1.07. The summed E-state index contributed by atoms with van der Waals surface area (Å²) in [4.78, 5) is 27.2. The summed E-state index contributed by atoms with van der Waals surface area (Å²) in [5.74, 6) is -1.85. The van der Waals surface area contributed by atoms with E-state index in [4.69, 9.17) is 11.5 Å². The fraction of sp³-hybridized carbons (Fsp3) is 0.261. The molecule has 5 N–H and O–H groups in total. The number of halogens is 2. The zero-order valence-electron chi connectivity index (χ0n) is 17.6. The zero-order valence-corrected chi connectivity index (χ0v) is 18.5. The molecule has 10 heteroatoms. The number of thiazole rings is 1. The van der Waals surface area contributed by atoms with Crippen molar-refractivity contribution in [3.05, 3.63) is 59.6 Å². The fourth-order valence-corrected chi connectivity index (χ4v) is 5.25. The van der Waals surface area contributed by atoms with Crippen molar-refractivity contribution in [1.82, 2.24) is 15.0 Å². The molecule has 33 heavy (non-hydrogen) atoms. The van der Waals surface area contributed by atoms with Crippen LogP contribution in [0, 0.1) is 11.6 Å². The number of aromatic amines is 1. The summed E-state index contributed by atoms with van der Waals surface area (Å²) in [6.07, 6.45) is 5.40. The van der Waals surface area contributed by atoms with Gasteiger partial charge in [-0.15, -0.1) is 0 Å². The number of hydrogen-bond acceptors (Lipinski definition) is 7. The molecule has 4 aromatic rings. The number of nitrogens with zero attached hydrogens (tertiary/aromatic N) is 3. The molecule has 1 fully saturated rings. The normalized spacial score (nSPS) is 16.5. The Morgan fingerprint density at radius 3 is 2.82 bits per heavy atom. The summed E-state index contributed by atoms with van der Waals surface area (Å²) >= 11 is 0.889. The quantitative estimate of drug-likeness (QED) is 0.383. The number of carbonyl (C=O) groups excluding carboxylic acids is 1. The highest BCUT2D eigenvalue weighted by molar-refractivity contribution is 7.19. The molecule has 1 atom stereocenters. The maximum Gasteiger partial charge on any atom is 0.188 e. The Labute approximate surface area is 192 Å². The molecule has 0 radical (unpaired) electrons. The van der Waals surface area contributed by atoms with Crippen molar-refractivity contribution >= 4 is 38.8 Å². The van der Waals surface area contributed by atoms with Crippen molar-refractivity contribution in [3.8, 4) is 10.6 Å². The number of piperidine rings is 1. The van der Waals surface area contributed by atoms with Gasteiger partial charge in [-0.05, 0) is 31.0 Å². The van der Waals surface area contributed by atoms with E-state index in [9.17, 15) is 13.6 Å². The van der Waals surface area contributed by atoms with Crippen molar-refractivity contribution in [3.63, 3.8) is 0 Å². The average Bonchev–Trinajstić information content (AvgIpc) is 3.40. The molecule has 3 aromatic heterocycles. The molecule has 0 aliphatic carbocycles. The van der Waals surface area contributed by atoms with Crippen molar-refractivity contribution in [2.45, 2.75) is 25.3 Å². The van der Waals surface area contributed by atoms with Crippen molar-refractivity contribution in [2.24, 2.45) is 5.73 Å². The number of anilines is 2. The minimum absolute atomic E-state index is 0.00230. The number of H-pyrrole nitrogens is 1. The smallest absolute Gasteiger partial charge is 0.188 e. The maximum atomic E-state index is 14.2. The molecule has 170 valence electrons. The van der Waals surface area contributed by atoms with Crippen LogP contribution in [0.15, 0.2) is 36.7 Å². The van der Waals surface area contributed by atoms with E-state index in [-0.39, 0.29) is 39.5 Å². The highest BCUT2D eigenvalue weighted by Gasteiger charge is 2.26. The number of rotatable bonds is 5. The van der Waals surface area contributed by atoms with Crippen LogP contribution < -0.4 is 16.4 Å². The van der Waals surface area contributed by atoms with E-state index in [2.05, 4.69) is 19.9 Å². The van der Waals surface area contributed by atoms with Crippen LogP contribution in [-0.2, 0) is 6.42 Å². The van der Waals surface area contributed by atoms with Gasteiger partial charge in [-0.1, -0.05) is 17.4 Å². The molecule has 1 aliphatic rings. The number of carbonyl (C=O) groups is 1. The SMILES string of the molecule is Nc1sc(-c2c(F)cccc2F)nc1C(=O)Cc1cnc2[nH]ccc2c1N1CCC[C@H](N)C1. The maximum absolute atomic E-state index is 14.2. The lowest BCUT2D eigenvalue weighted by Crippen LogP contribution is -2.43. The predicted octanol–water partition coefficient (Wildman–Crippen LogP) is 3.90. The van der Waals surface area contributed by atoms with Crippen LogP contribution in [0.2, 0.25) is 0 Å². The van der Waals surface area contributed by atoms with Crippen LogP contribution in [0.4, 0.5) is 19.5 Å². The highest BCUT2D eigenvalue weighted by atomic mass is 32.1. The molecule has 4 heterocycles. The third-order valence-electron chi connectivity index (χ3n) is 5.85. The van der Waals surface area contributed by atoms with Crippen LogP contribution in [0.25, 0.3) is 21.6 Å². The fourth-order valence-electron chi connectivity index (χ4n) is 4.35. The van der Waals surface area contributed by atoms with E-state index in [0.29, 0.717) is 6.54 Å². The Morgan fingerprint density at radius 2 is 2.06 bits per heavy atom. The summed E-state index contributed by atoms with van der Waals surface area (Å²) < 4.78 is 28.4. The Kier molecular flexibility index (Phi) is 5.55. The van der Waals surface area contributed by atoms with Crippen molar-refractivity contribution in [2.75, 3.05) is 23.7 Å². The van der Waals surface area contributed by atoms with Crippen LogP contribution in [0.5, 0.6) is 0 Å². The van der Waals surface area contributed by atoms with Gasteiger partial charge in [-0.25, -0.2) is 18.7 Å². The summed E-state index contributed by atoms with van der Waals surface area (Å²) in [6.45, 7) is 1.51. The third-order valence-corrected chi connectivity index (χ3v) is 6.76. The van der Waals surface area contributed by atoms with Crippen molar-refractivity contribution < 1.29 is 13.6 Å². The largest absolute Gasteiger partial charge is 0.389 e. The Hall–Kier alpha value is -3.37. The summed E-state index contributed by atoms with van der Waals surface area (Å²) in [6, 6.07) is 5.55. The van der Waals surface area contributed by atoms with E-state index in [1.807, 2.05) is 12.3 Å². The number of aromatic nitrogens is 3. The minimum atomic E-state index is -0.756. The van der Waals surface area contributed by atoms with Gasteiger partial charge in [0.25, 0.3) is 0 Å². The van der Waals surface area contributed by atoms with Crippen LogP contribution in [0.1, 0.15) is 28.9 Å². The Bertz CT molecular complexity index is 1330. The topological polar surface area (TPSA) is 114 Å². The molecular weight excluding hydrogens is 446 g/mol. The molecule has 1 aliphatic heterocycles. The second-order valence-electron chi connectivity index (χ2n) is 8.15. The van der Waals surface area contributed by atoms with Crippen LogP contribution >= 0.6 is 11.3 Å². The Balaban J connectivity index is 1.50. The first-order valence-corrected chi connectivity index (χ1v) is 11.4. The molecule has 0 unspecified atom stereocenters. The van der Waals surface area contributed by atoms with Gasteiger partial charge in [0.15, 0.2) is 5.78 Å². The number of benzene rings is 1. The summed E-state index contributed by atoms with van der Waals surface area (Å²) in [7, 11) is 0. The van der Waals surface area contributed by atoms with E-state index in [0.717, 1.165) is 65.1 Å². The molecule has 1 aromatic carbocycles. The lowest BCUT2D eigenvalue weighted by Gasteiger charge is -2.34. The van der Waals surface area contributed by atoms with Gasteiger partial charge in [0.05, 0.1) is 11.3 Å². The molecule has 5 rings (SSSR count). The van der Waals surface area contributed by atoms with Crippen LogP contribution in [-0.4, -0.2) is 39.9 Å². The molecule has 1 saturated heterocycles. The Morgan fingerprint density at radius 1 is 1.27 bits per heavy atom. The standard InChI is InChI=1S/C23H22F2N6OS/c24-15-4-1-5-16(25)18(15)23-30-19(21(27)33-23)17(32)9-12-10-29-22-14(6-7-28-22)20(12)31-8-2-3-13(26)11-31/h1,4-7,10,13H,2-3,8-9,11,26-27H2,(H,28,29)/t13-/m0/s1. The van der Waals surface area contributed by atoms with Gasteiger partial charge >= 0.3 is 0 Å². The first-order valence-electron chi connectivity index (χ1n) is 10.6. The molecule has 0 saturated carbocycles. The second kappa shape index (κ2) is 8.53. The van der Waals surface area contributed by atoms with E-state index < -0.39 is 11.6 Å². The second-order valence-corrected chi connectivity index (χ2v) is 9.18. The number of hydrogen-bond donors (Lipinski definition) is 3. The van der Waals surface area contributed by atoms with Gasteiger partial charge in [-0.2, -0.15) is 0 Å². The number of nitrogens with one attached hydrogen (secondary N) is 1. The first-order chi connectivity index (χ1) is 15.9. The molecular formula is C23H22F2N6OS. The van der Waals surface area contributed by atoms with Gasteiger partial charge in [0, 0.05) is 48.9 Å². The molecule has 7 nitrogen and oxygen atoms in total. The van der Waals surface area contributed by atoms with Gasteiger partial charge in [0.1, 0.15) is 33.0 Å². The van der Waals surface area contributed by atoms with Crippen LogP contribution in [0.3, 0.4) is 0 Å². The molecule has 0 spiro atoms. The number of Topliss-reactive ketones (excluding diaryl/α,β-unsaturated/α-hetero) is 1. The summed E-state index contributed by atoms with van der Waals surface area (Å²) in [5.41, 5.74) is 14.4. The van der Waals surface area contributed by atoms with Crippen molar-refractivity contribution in [1.29, 1.82) is 0 Å². The molecule has 0 amide bonds. The zero-order chi connectivity index (χ0) is 23.1.